The van der Waals surface area contributed by atoms with Crippen molar-refractivity contribution in [2.75, 3.05) is 51.0 Å². The number of hydrogen-bond acceptors (Lipinski definition) is 5. The van der Waals surface area contributed by atoms with Crippen molar-refractivity contribution >= 4 is 17.7 Å². The van der Waals surface area contributed by atoms with Crippen molar-refractivity contribution in [3.8, 4) is 11.5 Å². The van der Waals surface area contributed by atoms with Crippen molar-refractivity contribution in [1.29, 1.82) is 0 Å². The van der Waals surface area contributed by atoms with Gasteiger partial charge >= 0.3 is 0 Å². The maximum atomic E-state index is 12.5. The monoisotopic (exact) mass is 433 g/mol. The second-order valence-electron chi connectivity index (χ2n) is 8.67. The minimum absolute atomic E-state index is 0.0923. The van der Waals surface area contributed by atoms with Crippen LogP contribution in [0.5, 0.6) is 11.5 Å². The predicted molar refractivity (Wildman–Crippen MR) is 126 cm³/mol. The predicted octanol–water partition coefficient (Wildman–Crippen LogP) is 3.46. The molecule has 6 nitrogen and oxygen atoms in total. The molecule has 5 rings (SSSR count). The molecule has 2 aromatic carbocycles. The van der Waals surface area contributed by atoms with Crippen molar-refractivity contribution in [2.45, 2.75) is 25.7 Å². The number of carbonyl (C=O) groups excluding carboxylic acids is 1. The van der Waals surface area contributed by atoms with Crippen molar-refractivity contribution in [1.82, 2.24) is 10.2 Å². The summed E-state index contributed by atoms with van der Waals surface area (Å²) in [6, 6.07) is 14.4. The molecular formula is C26H31N3O3. The van der Waals surface area contributed by atoms with Gasteiger partial charge in [0.1, 0.15) is 0 Å². The Balaban J connectivity index is 1.01. The quantitative estimate of drug-likeness (QED) is 0.678. The number of unbranched alkanes of at least 4 members (excludes halogenated alkanes) is 1. The molecule has 1 fully saturated rings. The number of ether oxygens (including phenoxy) is 2. The molecule has 6 heteroatoms. The number of anilines is 1. The van der Waals surface area contributed by atoms with Crippen LogP contribution in [0.1, 0.15) is 30.4 Å². The van der Waals surface area contributed by atoms with Gasteiger partial charge < -0.3 is 19.7 Å². The zero-order valence-electron chi connectivity index (χ0n) is 18.5. The molecule has 1 saturated heterocycles. The second-order valence-corrected chi connectivity index (χ2v) is 8.67. The molecule has 0 atom stereocenters. The summed E-state index contributed by atoms with van der Waals surface area (Å²) < 4.78 is 11.2. The third-order valence-corrected chi connectivity index (χ3v) is 6.62. The number of rotatable bonds is 7. The molecule has 0 saturated carbocycles. The first-order chi connectivity index (χ1) is 15.8. The summed E-state index contributed by atoms with van der Waals surface area (Å²) in [5.74, 6) is 1.82. The van der Waals surface area contributed by atoms with Gasteiger partial charge in [-0.3, -0.25) is 9.69 Å². The highest BCUT2D eigenvalue weighted by atomic mass is 16.7. The Hall–Kier alpha value is -2.99. The van der Waals surface area contributed by atoms with Crippen molar-refractivity contribution in [3.05, 3.63) is 59.2 Å². The first-order valence-corrected chi connectivity index (χ1v) is 11.7. The summed E-state index contributed by atoms with van der Waals surface area (Å²) in [7, 11) is 0. The topological polar surface area (TPSA) is 54.0 Å². The van der Waals surface area contributed by atoms with E-state index in [1.807, 2.05) is 24.3 Å². The van der Waals surface area contributed by atoms with E-state index in [0.29, 0.717) is 6.79 Å². The van der Waals surface area contributed by atoms with E-state index in [0.717, 1.165) is 87.7 Å². The average Bonchev–Trinajstić information content (AvgIpc) is 3.33. The van der Waals surface area contributed by atoms with Crippen LogP contribution in [-0.2, 0) is 11.2 Å². The number of amides is 1. The van der Waals surface area contributed by atoms with E-state index in [9.17, 15) is 4.79 Å². The van der Waals surface area contributed by atoms with Crippen LogP contribution in [0, 0.1) is 0 Å². The summed E-state index contributed by atoms with van der Waals surface area (Å²) in [6.45, 7) is 6.20. The third kappa shape index (κ3) is 4.60. The number of hydrogen-bond donors (Lipinski definition) is 1. The smallest absolute Gasteiger partial charge is 0.247 e. The first kappa shape index (κ1) is 20.9. The van der Waals surface area contributed by atoms with E-state index in [4.69, 9.17) is 9.47 Å². The van der Waals surface area contributed by atoms with Gasteiger partial charge in [-0.15, -0.1) is 0 Å². The van der Waals surface area contributed by atoms with Crippen molar-refractivity contribution in [3.63, 3.8) is 0 Å². The molecule has 2 heterocycles. The molecule has 1 amide bonds. The van der Waals surface area contributed by atoms with Gasteiger partial charge in [0, 0.05) is 38.3 Å². The molecule has 0 radical (unpaired) electrons. The van der Waals surface area contributed by atoms with Crippen molar-refractivity contribution in [2.24, 2.45) is 0 Å². The van der Waals surface area contributed by atoms with Crippen LogP contribution in [0.2, 0.25) is 0 Å². The Labute approximate surface area is 189 Å². The highest BCUT2D eigenvalue weighted by Gasteiger charge is 2.24. The fraction of sp³-hybridized carbons (Fsp3) is 0.423. The second kappa shape index (κ2) is 9.65. The van der Waals surface area contributed by atoms with Gasteiger partial charge in [0.05, 0.1) is 5.69 Å². The van der Waals surface area contributed by atoms with E-state index >= 15 is 0 Å². The number of benzene rings is 2. The minimum Gasteiger partial charge on any atom is -0.454 e. The van der Waals surface area contributed by atoms with Gasteiger partial charge in [-0.2, -0.15) is 0 Å². The normalized spacial score (nSPS) is 17.6. The Morgan fingerprint density at radius 1 is 0.938 bits per heavy atom. The van der Waals surface area contributed by atoms with E-state index < -0.39 is 0 Å². The Morgan fingerprint density at radius 2 is 1.81 bits per heavy atom. The molecule has 3 aliphatic rings. The number of piperazine rings is 1. The van der Waals surface area contributed by atoms with Crippen LogP contribution in [0.3, 0.4) is 0 Å². The molecule has 2 aromatic rings. The molecule has 0 aromatic heterocycles. The summed E-state index contributed by atoms with van der Waals surface area (Å²) >= 11 is 0. The number of nitrogens with zero attached hydrogens (tertiary/aromatic N) is 2. The van der Waals surface area contributed by atoms with Crippen LogP contribution >= 0.6 is 0 Å². The molecule has 0 unspecified atom stereocenters. The van der Waals surface area contributed by atoms with Gasteiger partial charge in [-0.25, -0.2) is 0 Å². The molecular weight excluding hydrogens is 402 g/mol. The molecule has 168 valence electrons. The molecule has 0 spiro atoms. The molecule has 1 aliphatic carbocycles. The number of carbonyl (C=O) groups is 1. The number of fused-ring (bicyclic) bond motifs is 2. The summed E-state index contributed by atoms with van der Waals surface area (Å²) in [4.78, 5) is 17.4. The van der Waals surface area contributed by atoms with E-state index in [1.165, 1.54) is 11.1 Å². The van der Waals surface area contributed by atoms with Crippen LogP contribution in [0.4, 0.5) is 5.69 Å². The zero-order chi connectivity index (χ0) is 21.8. The number of para-hydroxylation sites is 1. The molecule has 0 bridgehead atoms. The average molecular weight is 434 g/mol. The fourth-order valence-electron chi connectivity index (χ4n) is 4.76. The fourth-order valence-corrected chi connectivity index (χ4v) is 4.76. The van der Waals surface area contributed by atoms with Crippen LogP contribution in [-0.4, -0.2) is 56.9 Å². The van der Waals surface area contributed by atoms with Crippen LogP contribution < -0.4 is 19.7 Å². The highest BCUT2D eigenvalue weighted by molar-refractivity contribution is 5.98. The number of aryl methyl sites for hydroxylation is 1. The minimum atomic E-state index is 0.0923. The van der Waals surface area contributed by atoms with Crippen LogP contribution in [0.15, 0.2) is 48.0 Å². The van der Waals surface area contributed by atoms with Gasteiger partial charge in [0.15, 0.2) is 11.5 Å². The first-order valence-electron chi connectivity index (χ1n) is 11.7. The Morgan fingerprint density at radius 3 is 2.72 bits per heavy atom. The van der Waals surface area contributed by atoms with Crippen LogP contribution in [0.25, 0.3) is 6.08 Å². The zero-order valence-corrected chi connectivity index (χ0v) is 18.5. The summed E-state index contributed by atoms with van der Waals surface area (Å²) in [6.07, 6.45) is 5.93. The van der Waals surface area contributed by atoms with E-state index in [-0.39, 0.29) is 5.91 Å². The summed E-state index contributed by atoms with van der Waals surface area (Å²) in [5.41, 5.74) is 4.56. The van der Waals surface area contributed by atoms with Gasteiger partial charge in [-0.05, 0) is 61.6 Å². The van der Waals surface area contributed by atoms with Gasteiger partial charge in [-0.1, -0.05) is 30.3 Å². The Bertz CT molecular complexity index is 996. The van der Waals surface area contributed by atoms with E-state index in [1.54, 1.807) is 0 Å². The lowest BCUT2D eigenvalue weighted by molar-refractivity contribution is -0.117. The standard InChI is InChI=1S/C26H31N3O3/c30-26(22-11-10-20-6-1-2-7-21(20)18-22)27-12-3-4-13-28-14-16-29(17-15-28)23-8-5-9-24-25(23)32-19-31-24/h1-2,5-9,18H,3-4,10-17,19H2,(H,27,30). The largest absolute Gasteiger partial charge is 0.454 e. The SMILES string of the molecule is O=C(NCCCCN1CCN(c2cccc3c2OCO3)CC1)C1=Cc2ccccc2CC1. The molecule has 2 aliphatic heterocycles. The maximum Gasteiger partial charge on any atom is 0.247 e. The lowest BCUT2D eigenvalue weighted by atomic mass is 9.92. The number of nitrogens with one attached hydrogen (secondary N) is 1. The lowest BCUT2D eigenvalue weighted by Crippen LogP contribution is -2.46. The van der Waals surface area contributed by atoms with Gasteiger partial charge in [0.2, 0.25) is 12.7 Å². The highest BCUT2D eigenvalue weighted by Crippen LogP contribution is 2.41. The molecule has 32 heavy (non-hydrogen) atoms. The molecule has 1 N–H and O–H groups in total. The third-order valence-electron chi connectivity index (χ3n) is 6.62. The Kier molecular flexibility index (Phi) is 6.30. The maximum absolute atomic E-state index is 12.5. The van der Waals surface area contributed by atoms with E-state index in [2.05, 4.69) is 39.4 Å². The van der Waals surface area contributed by atoms with Gasteiger partial charge in [0.25, 0.3) is 0 Å². The van der Waals surface area contributed by atoms with Crippen molar-refractivity contribution < 1.29 is 14.3 Å². The summed E-state index contributed by atoms with van der Waals surface area (Å²) in [5, 5.41) is 3.11. The lowest BCUT2D eigenvalue weighted by Gasteiger charge is -2.36.